The van der Waals surface area contributed by atoms with E-state index in [0.29, 0.717) is 43.8 Å². The van der Waals surface area contributed by atoms with Crippen LogP contribution in [-0.2, 0) is 16.1 Å². The van der Waals surface area contributed by atoms with Gasteiger partial charge in [-0.05, 0) is 75.6 Å². The molecule has 0 spiro atoms. The molecule has 168 valence electrons. The number of benzene rings is 3. The summed E-state index contributed by atoms with van der Waals surface area (Å²) in [6, 6.07) is 16.3. The fourth-order valence-corrected chi connectivity index (χ4v) is 4.60. The number of cyclic esters (lactones) is 1. The highest BCUT2D eigenvalue weighted by molar-refractivity contribution is 9.10. The van der Waals surface area contributed by atoms with Crippen LogP contribution in [0.5, 0.6) is 11.5 Å². The van der Waals surface area contributed by atoms with Gasteiger partial charge in [0.25, 0.3) is 0 Å². The van der Waals surface area contributed by atoms with Crippen molar-refractivity contribution in [3.05, 3.63) is 96.0 Å². The number of carbonyl (C=O) groups excluding carboxylic acids is 1. The molecule has 0 fully saturated rings. The smallest absolute Gasteiger partial charge is 0.363 e. The zero-order valence-corrected chi connectivity index (χ0v) is 21.8. The standard InChI is InChI=1S/C24H15Br2Cl2NO4/c1-31-21-10-14(8-18(26)22(21)32-12-13-3-2-4-15(25)7-13)9-20-24(30)33-23(29-20)17-6-5-16(27)11-19(17)28/h2-11H,12H2,1H3/b20-9-. The van der Waals surface area contributed by atoms with Gasteiger partial charge in [-0.25, -0.2) is 9.79 Å². The van der Waals surface area contributed by atoms with Gasteiger partial charge in [-0.15, -0.1) is 0 Å². The van der Waals surface area contributed by atoms with E-state index in [2.05, 4.69) is 36.9 Å². The molecule has 4 rings (SSSR count). The van der Waals surface area contributed by atoms with Gasteiger partial charge in [-0.1, -0.05) is 51.3 Å². The molecule has 0 atom stereocenters. The van der Waals surface area contributed by atoms with Crippen molar-refractivity contribution < 1.29 is 19.0 Å². The highest BCUT2D eigenvalue weighted by Crippen LogP contribution is 2.38. The molecular formula is C24H15Br2Cl2NO4. The van der Waals surface area contributed by atoms with E-state index in [0.717, 1.165) is 10.0 Å². The minimum absolute atomic E-state index is 0.118. The van der Waals surface area contributed by atoms with E-state index in [1.165, 1.54) is 0 Å². The van der Waals surface area contributed by atoms with E-state index in [1.54, 1.807) is 37.5 Å². The van der Waals surface area contributed by atoms with Gasteiger partial charge in [0.05, 0.1) is 22.2 Å². The molecule has 1 heterocycles. The Morgan fingerprint density at radius 1 is 1.09 bits per heavy atom. The number of methoxy groups -OCH3 is 1. The predicted molar refractivity (Wildman–Crippen MR) is 136 cm³/mol. The Labute approximate surface area is 217 Å². The van der Waals surface area contributed by atoms with Crippen molar-refractivity contribution in [3.8, 4) is 11.5 Å². The Hall–Kier alpha value is -2.32. The maximum absolute atomic E-state index is 12.4. The lowest BCUT2D eigenvalue weighted by Crippen LogP contribution is -2.05. The lowest BCUT2D eigenvalue weighted by atomic mass is 10.1. The molecule has 0 saturated heterocycles. The number of carbonyl (C=O) groups is 1. The maximum Gasteiger partial charge on any atom is 0.363 e. The van der Waals surface area contributed by atoms with Crippen LogP contribution in [-0.4, -0.2) is 19.0 Å². The fraction of sp³-hybridized carbons (Fsp3) is 0.0833. The van der Waals surface area contributed by atoms with E-state index < -0.39 is 5.97 Å². The summed E-state index contributed by atoms with van der Waals surface area (Å²) < 4.78 is 18.4. The molecule has 0 amide bonds. The van der Waals surface area contributed by atoms with Crippen LogP contribution in [0.1, 0.15) is 16.7 Å². The van der Waals surface area contributed by atoms with Gasteiger partial charge in [0.1, 0.15) is 6.61 Å². The quantitative estimate of drug-likeness (QED) is 0.215. The molecule has 0 bridgehead atoms. The number of ether oxygens (including phenoxy) is 3. The third kappa shape index (κ3) is 5.61. The number of aliphatic imine (C=N–C) groups is 1. The largest absolute Gasteiger partial charge is 0.493 e. The van der Waals surface area contributed by atoms with E-state index in [-0.39, 0.29) is 11.6 Å². The molecule has 1 aliphatic heterocycles. The minimum atomic E-state index is -0.582. The molecule has 9 heteroatoms. The van der Waals surface area contributed by atoms with Crippen LogP contribution in [0.15, 0.2) is 74.2 Å². The van der Waals surface area contributed by atoms with Crippen LogP contribution in [0.4, 0.5) is 0 Å². The molecule has 0 radical (unpaired) electrons. The van der Waals surface area contributed by atoms with Crippen molar-refractivity contribution in [2.75, 3.05) is 7.11 Å². The van der Waals surface area contributed by atoms with Crippen molar-refractivity contribution in [2.24, 2.45) is 4.99 Å². The van der Waals surface area contributed by atoms with Gasteiger partial charge >= 0.3 is 5.97 Å². The Kier molecular flexibility index (Phi) is 7.44. The Balaban J connectivity index is 1.60. The van der Waals surface area contributed by atoms with Crippen molar-refractivity contribution in [3.63, 3.8) is 0 Å². The van der Waals surface area contributed by atoms with E-state index in [9.17, 15) is 4.79 Å². The summed E-state index contributed by atoms with van der Waals surface area (Å²) in [4.78, 5) is 16.7. The van der Waals surface area contributed by atoms with Crippen molar-refractivity contribution in [1.29, 1.82) is 0 Å². The van der Waals surface area contributed by atoms with Crippen LogP contribution in [0.25, 0.3) is 6.08 Å². The Morgan fingerprint density at radius 3 is 2.64 bits per heavy atom. The average Bonchev–Trinajstić information content (AvgIpc) is 3.12. The van der Waals surface area contributed by atoms with Crippen molar-refractivity contribution in [2.45, 2.75) is 6.61 Å². The normalized spacial score (nSPS) is 14.3. The average molecular weight is 612 g/mol. The van der Waals surface area contributed by atoms with Crippen LogP contribution < -0.4 is 9.47 Å². The third-order valence-corrected chi connectivity index (χ3v) is 6.24. The number of hydrogen-bond acceptors (Lipinski definition) is 5. The minimum Gasteiger partial charge on any atom is -0.493 e. The summed E-state index contributed by atoms with van der Waals surface area (Å²) in [6.07, 6.45) is 1.60. The maximum atomic E-state index is 12.4. The number of esters is 1. The number of nitrogens with zero attached hydrogens (tertiary/aromatic N) is 1. The molecule has 3 aromatic carbocycles. The lowest BCUT2D eigenvalue weighted by Gasteiger charge is -2.14. The zero-order valence-electron chi connectivity index (χ0n) is 17.1. The van der Waals surface area contributed by atoms with Crippen molar-refractivity contribution >= 4 is 73.0 Å². The highest BCUT2D eigenvalue weighted by atomic mass is 79.9. The van der Waals surface area contributed by atoms with Gasteiger partial charge in [0.15, 0.2) is 17.2 Å². The lowest BCUT2D eigenvalue weighted by molar-refractivity contribution is -0.129. The van der Waals surface area contributed by atoms with Gasteiger partial charge in [0.2, 0.25) is 5.90 Å². The molecule has 0 N–H and O–H groups in total. The molecule has 3 aromatic rings. The summed E-state index contributed by atoms with van der Waals surface area (Å²) in [6.45, 7) is 0.358. The number of rotatable bonds is 6. The van der Waals surface area contributed by atoms with Gasteiger partial charge in [0, 0.05) is 9.50 Å². The second-order valence-electron chi connectivity index (χ2n) is 6.91. The topological polar surface area (TPSA) is 57.1 Å². The van der Waals surface area contributed by atoms with Crippen LogP contribution in [0.2, 0.25) is 10.0 Å². The van der Waals surface area contributed by atoms with Crippen LogP contribution in [0, 0.1) is 0 Å². The summed E-state index contributed by atoms with van der Waals surface area (Å²) in [7, 11) is 1.55. The van der Waals surface area contributed by atoms with Crippen LogP contribution >= 0.6 is 55.1 Å². The summed E-state index contributed by atoms with van der Waals surface area (Å²) in [5.41, 5.74) is 2.29. The van der Waals surface area contributed by atoms with E-state index in [4.69, 9.17) is 37.4 Å². The monoisotopic (exact) mass is 609 g/mol. The number of hydrogen-bond donors (Lipinski definition) is 0. The first-order valence-corrected chi connectivity index (χ1v) is 11.9. The molecule has 0 unspecified atom stereocenters. The second-order valence-corrected chi connectivity index (χ2v) is 9.53. The molecular weight excluding hydrogens is 597 g/mol. The second kappa shape index (κ2) is 10.3. The summed E-state index contributed by atoms with van der Waals surface area (Å²) in [5.74, 6) is 0.585. The zero-order chi connectivity index (χ0) is 23.5. The molecule has 0 aromatic heterocycles. The Bertz CT molecular complexity index is 1310. The van der Waals surface area contributed by atoms with Crippen molar-refractivity contribution in [1.82, 2.24) is 0 Å². The SMILES string of the molecule is COc1cc(/C=C2\N=C(c3ccc(Cl)cc3Cl)OC2=O)cc(Br)c1OCc1cccc(Br)c1. The molecule has 5 nitrogen and oxygen atoms in total. The molecule has 0 aliphatic carbocycles. The number of halogens is 4. The first kappa shape index (κ1) is 23.8. The van der Waals surface area contributed by atoms with E-state index >= 15 is 0 Å². The predicted octanol–water partition coefficient (Wildman–Crippen LogP) is 7.45. The highest BCUT2D eigenvalue weighted by Gasteiger charge is 2.26. The third-order valence-electron chi connectivity index (χ3n) is 4.61. The first-order chi connectivity index (χ1) is 15.8. The van der Waals surface area contributed by atoms with Gasteiger partial charge in [-0.2, -0.15) is 0 Å². The Morgan fingerprint density at radius 2 is 1.91 bits per heavy atom. The van der Waals surface area contributed by atoms with Gasteiger partial charge in [-0.3, -0.25) is 0 Å². The fourth-order valence-electron chi connectivity index (χ4n) is 3.09. The summed E-state index contributed by atoms with van der Waals surface area (Å²) in [5, 5.41) is 0.815. The first-order valence-electron chi connectivity index (χ1n) is 9.57. The summed E-state index contributed by atoms with van der Waals surface area (Å²) >= 11 is 19.1. The van der Waals surface area contributed by atoms with Gasteiger partial charge < -0.3 is 14.2 Å². The van der Waals surface area contributed by atoms with E-state index in [1.807, 2.05) is 30.3 Å². The molecule has 0 saturated carbocycles. The molecule has 33 heavy (non-hydrogen) atoms. The molecule has 1 aliphatic rings. The van der Waals surface area contributed by atoms with Crippen LogP contribution in [0.3, 0.4) is 0 Å².